The van der Waals surface area contributed by atoms with Crippen molar-refractivity contribution in [3.05, 3.63) is 72.1 Å². The van der Waals surface area contributed by atoms with Gasteiger partial charge in [-0.2, -0.15) is 0 Å². The van der Waals surface area contributed by atoms with Gasteiger partial charge in [-0.25, -0.2) is 4.79 Å². The first kappa shape index (κ1) is 16.4. The van der Waals surface area contributed by atoms with Crippen LogP contribution in [0.25, 0.3) is 32.7 Å². The van der Waals surface area contributed by atoms with Crippen molar-refractivity contribution in [2.24, 2.45) is 0 Å². The van der Waals surface area contributed by atoms with Gasteiger partial charge in [0.15, 0.2) is 0 Å². The Morgan fingerprint density at radius 2 is 1.54 bits per heavy atom. The van der Waals surface area contributed by atoms with E-state index < -0.39 is 0 Å². The summed E-state index contributed by atoms with van der Waals surface area (Å²) in [4.78, 5) is 15.7. The van der Waals surface area contributed by atoms with Gasteiger partial charge in [-0.1, -0.05) is 55.5 Å². The second kappa shape index (κ2) is 6.68. The van der Waals surface area contributed by atoms with Gasteiger partial charge in [0.2, 0.25) is 0 Å². The van der Waals surface area contributed by atoms with E-state index in [0.717, 1.165) is 33.9 Å². The molecule has 0 radical (unpaired) electrons. The van der Waals surface area contributed by atoms with E-state index in [1.54, 1.807) is 0 Å². The Labute approximate surface area is 152 Å². The van der Waals surface area contributed by atoms with Gasteiger partial charge in [0, 0.05) is 17.3 Å². The van der Waals surface area contributed by atoms with E-state index in [9.17, 15) is 4.79 Å². The number of aryl methyl sites for hydroxylation is 1. The van der Waals surface area contributed by atoms with Crippen molar-refractivity contribution >= 4 is 27.5 Å². The van der Waals surface area contributed by atoms with E-state index in [2.05, 4.69) is 42.2 Å². The summed E-state index contributed by atoms with van der Waals surface area (Å²) in [6.07, 6.45) is 2.76. The van der Waals surface area contributed by atoms with E-state index >= 15 is 0 Å². The highest BCUT2D eigenvalue weighted by Gasteiger charge is 2.22. The molecule has 0 atom stereocenters. The third kappa shape index (κ3) is 2.57. The fourth-order valence-electron chi connectivity index (χ4n) is 3.68. The number of hydrogen-bond acceptors (Lipinski definition) is 2. The maximum absolute atomic E-state index is 12.6. The fourth-order valence-corrected chi connectivity index (χ4v) is 3.68. The number of aromatic amines is 1. The number of rotatable bonds is 4. The molecule has 0 aliphatic heterocycles. The first-order chi connectivity index (χ1) is 12.7. The molecule has 130 valence electrons. The van der Waals surface area contributed by atoms with E-state index in [0.29, 0.717) is 12.3 Å². The van der Waals surface area contributed by atoms with E-state index in [1.165, 1.54) is 10.8 Å². The highest BCUT2D eigenvalue weighted by molar-refractivity contribution is 6.15. The fraction of sp³-hybridized carbons (Fsp3) is 0.174. The molecule has 26 heavy (non-hydrogen) atoms. The van der Waals surface area contributed by atoms with Crippen molar-refractivity contribution < 1.29 is 9.53 Å². The molecule has 1 heterocycles. The summed E-state index contributed by atoms with van der Waals surface area (Å²) >= 11 is 0. The van der Waals surface area contributed by atoms with Crippen LogP contribution >= 0.6 is 0 Å². The summed E-state index contributed by atoms with van der Waals surface area (Å²) in [6.45, 7) is 4.29. The number of esters is 1. The number of carbonyl (C=O) groups is 1. The summed E-state index contributed by atoms with van der Waals surface area (Å²) in [7, 11) is 0. The summed E-state index contributed by atoms with van der Waals surface area (Å²) in [5.41, 5.74) is 3.71. The molecule has 0 aliphatic carbocycles. The van der Waals surface area contributed by atoms with Crippen molar-refractivity contribution in [2.75, 3.05) is 6.61 Å². The molecule has 3 heteroatoms. The molecule has 0 aliphatic rings. The molecular weight excluding hydrogens is 322 g/mol. The molecule has 3 nitrogen and oxygen atoms in total. The zero-order valence-electron chi connectivity index (χ0n) is 15.0. The Hall–Kier alpha value is -3.07. The standard InChI is InChI=1S/C23H21NO2/c1-3-15-14-24-22(23(25)26-4-2)20(15)21-18-11-7-5-9-16(18)13-17-10-6-8-12-19(17)21/h5-14,24H,3-4H2,1-2H3. The van der Waals surface area contributed by atoms with Crippen molar-refractivity contribution in [3.63, 3.8) is 0 Å². The number of H-pyrrole nitrogens is 1. The van der Waals surface area contributed by atoms with Crippen LogP contribution in [0.3, 0.4) is 0 Å². The average molecular weight is 343 g/mol. The normalized spacial score (nSPS) is 11.2. The molecule has 0 amide bonds. The van der Waals surface area contributed by atoms with Crippen LogP contribution in [-0.4, -0.2) is 17.6 Å². The summed E-state index contributed by atoms with van der Waals surface area (Å²) < 4.78 is 5.30. The van der Waals surface area contributed by atoms with Crippen LogP contribution in [0.15, 0.2) is 60.8 Å². The lowest BCUT2D eigenvalue weighted by Gasteiger charge is -2.14. The van der Waals surface area contributed by atoms with E-state index in [4.69, 9.17) is 4.74 Å². The van der Waals surface area contributed by atoms with E-state index in [1.807, 2.05) is 37.4 Å². The average Bonchev–Trinajstić information content (AvgIpc) is 3.10. The minimum Gasteiger partial charge on any atom is -0.461 e. The molecule has 0 bridgehead atoms. The van der Waals surface area contributed by atoms with Gasteiger partial charge in [0.05, 0.1) is 6.61 Å². The number of ether oxygens (including phenoxy) is 1. The quantitative estimate of drug-likeness (QED) is 0.380. The zero-order valence-corrected chi connectivity index (χ0v) is 15.0. The van der Waals surface area contributed by atoms with Crippen molar-refractivity contribution in [2.45, 2.75) is 20.3 Å². The largest absolute Gasteiger partial charge is 0.461 e. The Balaban J connectivity index is 2.14. The number of hydrogen-bond donors (Lipinski definition) is 1. The Bertz CT molecular complexity index is 1050. The second-order valence-corrected chi connectivity index (χ2v) is 6.33. The predicted octanol–water partition coefficient (Wildman–Crippen LogP) is 5.73. The number of nitrogens with one attached hydrogen (secondary N) is 1. The number of benzene rings is 3. The monoisotopic (exact) mass is 343 g/mol. The molecule has 4 rings (SSSR count). The maximum Gasteiger partial charge on any atom is 0.355 e. The van der Waals surface area contributed by atoms with Gasteiger partial charge >= 0.3 is 5.97 Å². The molecule has 0 fully saturated rings. The third-order valence-electron chi connectivity index (χ3n) is 4.84. The SMILES string of the molecule is CCOC(=O)c1[nH]cc(CC)c1-c1c2ccccc2cc2ccccc12. The lowest BCUT2D eigenvalue weighted by Crippen LogP contribution is -2.07. The molecule has 0 unspecified atom stereocenters. The van der Waals surface area contributed by atoms with Gasteiger partial charge in [-0.15, -0.1) is 0 Å². The Morgan fingerprint density at radius 3 is 2.12 bits per heavy atom. The number of carbonyl (C=O) groups excluding carboxylic acids is 1. The predicted molar refractivity (Wildman–Crippen MR) is 107 cm³/mol. The van der Waals surface area contributed by atoms with Gasteiger partial charge in [-0.05, 0) is 46.5 Å². The smallest absolute Gasteiger partial charge is 0.355 e. The van der Waals surface area contributed by atoms with Gasteiger partial charge in [-0.3, -0.25) is 0 Å². The summed E-state index contributed by atoms with van der Waals surface area (Å²) in [5, 5.41) is 4.62. The zero-order chi connectivity index (χ0) is 18.1. The van der Waals surface area contributed by atoms with Crippen LogP contribution in [0, 0.1) is 0 Å². The highest BCUT2D eigenvalue weighted by Crippen LogP contribution is 2.40. The molecule has 0 saturated heterocycles. The number of fused-ring (bicyclic) bond motifs is 2. The third-order valence-corrected chi connectivity index (χ3v) is 4.84. The lowest BCUT2D eigenvalue weighted by molar-refractivity contribution is 0.0521. The van der Waals surface area contributed by atoms with E-state index in [-0.39, 0.29) is 5.97 Å². The summed E-state index contributed by atoms with van der Waals surface area (Å²) in [5.74, 6) is -0.306. The van der Waals surface area contributed by atoms with Crippen LogP contribution in [0.2, 0.25) is 0 Å². The number of aromatic nitrogens is 1. The summed E-state index contributed by atoms with van der Waals surface area (Å²) in [6, 6.07) is 18.9. The minimum atomic E-state index is -0.306. The maximum atomic E-state index is 12.6. The van der Waals surface area contributed by atoms with Gasteiger partial charge < -0.3 is 9.72 Å². The highest BCUT2D eigenvalue weighted by atomic mass is 16.5. The van der Waals surface area contributed by atoms with Crippen molar-refractivity contribution in [1.82, 2.24) is 4.98 Å². The molecule has 4 aromatic rings. The first-order valence-electron chi connectivity index (χ1n) is 9.02. The van der Waals surface area contributed by atoms with Crippen LogP contribution in [0.1, 0.15) is 29.9 Å². The molecule has 3 aromatic carbocycles. The van der Waals surface area contributed by atoms with Gasteiger partial charge in [0.25, 0.3) is 0 Å². The molecule has 1 N–H and O–H groups in total. The van der Waals surface area contributed by atoms with Crippen LogP contribution in [0.4, 0.5) is 0 Å². The topological polar surface area (TPSA) is 42.1 Å². The van der Waals surface area contributed by atoms with Crippen LogP contribution in [-0.2, 0) is 11.2 Å². The van der Waals surface area contributed by atoms with Crippen LogP contribution < -0.4 is 0 Å². The second-order valence-electron chi connectivity index (χ2n) is 6.33. The first-order valence-corrected chi connectivity index (χ1v) is 9.02. The minimum absolute atomic E-state index is 0.306. The van der Waals surface area contributed by atoms with Crippen LogP contribution in [0.5, 0.6) is 0 Å². The van der Waals surface area contributed by atoms with Gasteiger partial charge in [0.1, 0.15) is 5.69 Å². The molecule has 1 aromatic heterocycles. The molecule has 0 saturated carbocycles. The molecule has 0 spiro atoms. The Morgan fingerprint density at radius 1 is 0.923 bits per heavy atom. The lowest BCUT2D eigenvalue weighted by atomic mass is 9.89. The van der Waals surface area contributed by atoms with Crippen molar-refractivity contribution in [1.29, 1.82) is 0 Å². The molecular formula is C23H21NO2. The Kier molecular flexibility index (Phi) is 4.21. The van der Waals surface area contributed by atoms with Crippen molar-refractivity contribution in [3.8, 4) is 11.1 Å².